The predicted octanol–water partition coefficient (Wildman–Crippen LogP) is 2.66. The van der Waals surface area contributed by atoms with E-state index in [0.717, 1.165) is 12.8 Å². The van der Waals surface area contributed by atoms with E-state index < -0.39 is 0 Å². The standard InChI is InChI=1S/C18H22N4O2S/c1-3-4-12-22-17(24)14-8-5-6-9-15(14)20-18(22)25-13-16(23)21(2)11-7-10-19/h5-6,8-9H,3-4,7,11-13H2,1-2H3. The van der Waals surface area contributed by atoms with Crippen LogP contribution < -0.4 is 5.56 Å². The SMILES string of the molecule is CCCCn1c(SCC(=O)N(C)CCC#N)nc2ccccc2c1=O. The highest BCUT2D eigenvalue weighted by molar-refractivity contribution is 7.99. The largest absolute Gasteiger partial charge is 0.344 e. The molecule has 0 saturated carbocycles. The van der Waals surface area contributed by atoms with Crippen LogP contribution in [0.3, 0.4) is 0 Å². The molecule has 0 atom stereocenters. The zero-order valence-electron chi connectivity index (χ0n) is 14.6. The number of hydrogen-bond donors (Lipinski definition) is 0. The molecule has 2 rings (SSSR count). The third-order valence-electron chi connectivity index (χ3n) is 3.87. The van der Waals surface area contributed by atoms with Crippen LogP contribution in [0.25, 0.3) is 10.9 Å². The minimum Gasteiger partial charge on any atom is -0.344 e. The number of carbonyl (C=O) groups excluding carboxylic acids is 1. The van der Waals surface area contributed by atoms with Crippen LogP contribution in [0.5, 0.6) is 0 Å². The lowest BCUT2D eigenvalue weighted by atomic mass is 10.2. The second kappa shape index (κ2) is 9.23. The van der Waals surface area contributed by atoms with Crippen molar-refractivity contribution < 1.29 is 4.79 Å². The van der Waals surface area contributed by atoms with Gasteiger partial charge in [0.15, 0.2) is 5.16 Å². The fourth-order valence-electron chi connectivity index (χ4n) is 2.35. The van der Waals surface area contributed by atoms with Gasteiger partial charge in [0.05, 0.1) is 29.1 Å². The number of nitriles is 1. The smallest absolute Gasteiger partial charge is 0.262 e. The number of carbonyl (C=O) groups is 1. The lowest BCUT2D eigenvalue weighted by Gasteiger charge is -2.16. The first-order valence-electron chi connectivity index (χ1n) is 8.31. The minimum absolute atomic E-state index is 0.0631. The molecule has 0 aliphatic heterocycles. The van der Waals surface area contributed by atoms with E-state index in [4.69, 9.17) is 5.26 Å². The quantitative estimate of drug-likeness (QED) is 0.535. The Morgan fingerprint density at radius 1 is 1.40 bits per heavy atom. The molecule has 0 bridgehead atoms. The molecule has 25 heavy (non-hydrogen) atoms. The molecular weight excluding hydrogens is 336 g/mol. The lowest BCUT2D eigenvalue weighted by molar-refractivity contribution is -0.127. The molecule has 132 valence electrons. The van der Waals surface area contributed by atoms with E-state index in [1.54, 1.807) is 17.7 Å². The van der Waals surface area contributed by atoms with E-state index in [1.807, 2.05) is 24.3 Å². The maximum atomic E-state index is 12.8. The molecule has 0 fully saturated rings. The van der Waals surface area contributed by atoms with Crippen LogP contribution >= 0.6 is 11.8 Å². The topological polar surface area (TPSA) is 79.0 Å². The van der Waals surface area contributed by atoms with Crippen LogP contribution in [-0.4, -0.2) is 39.7 Å². The molecule has 0 N–H and O–H groups in total. The van der Waals surface area contributed by atoms with Gasteiger partial charge in [-0.05, 0) is 18.6 Å². The van der Waals surface area contributed by atoms with Gasteiger partial charge in [-0.25, -0.2) is 4.98 Å². The minimum atomic E-state index is -0.0790. The molecule has 1 aromatic carbocycles. The number of aromatic nitrogens is 2. The normalized spacial score (nSPS) is 10.6. The monoisotopic (exact) mass is 358 g/mol. The van der Waals surface area contributed by atoms with Crippen LogP contribution in [0.4, 0.5) is 0 Å². The summed E-state index contributed by atoms with van der Waals surface area (Å²) in [6.07, 6.45) is 2.16. The zero-order valence-corrected chi connectivity index (χ0v) is 15.4. The number of rotatable bonds is 8. The van der Waals surface area contributed by atoms with Crippen molar-refractivity contribution in [3.8, 4) is 6.07 Å². The van der Waals surface area contributed by atoms with Crippen molar-refractivity contribution in [2.45, 2.75) is 37.9 Å². The van der Waals surface area contributed by atoms with E-state index in [-0.39, 0.29) is 17.2 Å². The van der Waals surface area contributed by atoms with Crippen LogP contribution in [0, 0.1) is 11.3 Å². The Hall–Kier alpha value is -2.33. The fourth-order valence-corrected chi connectivity index (χ4v) is 3.32. The number of unbranched alkanes of at least 4 members (excludes halogenated alkanes) is 1. The molecule has 1 heterocycles. The molecular formula is C18H22N4O2S. The second-order valence-corrected chi connectivity index (χ2v) is 6.68. The summed E-state index contributed by atoms with van der Waals surface area (Å²) in [5, 5.41) is 9.78. The van der Waals surface area contributed by atoms with E-state index >= 15 is 0 Å². The van der Waals surface area contributed by atoms with Gasteiger partial charge in [-0.3, -0.25) is 14.2 Å². The summed E-state index contributed by atoms with van der Waals surface area (Å²) < 4.78 is 1.67. The van der Waals surface area contributed by atoms with Gasteiger partial charge in [0.1, 0.15) is 0 Å². The zero-order chi connectivity index (χ0) is 18.2. The van der Waals surface area contributed by atoms with Gasteiger partial charge in [-0.15, -0.1) is 0 Å². The molecule has 7 heteroatoms. The van der Waals surface area contributed by atoms with Gasteiger partial charge in [0.25, 0.3) is 5.56 Å². The highest BCUT2D eigenvalue weighted by Gasteiger charge is 2.14. The molecule has 0 saturated heterocycles. The summed E-state index contributed by atoms with van der Waals surface area (Å²) in [7, 11) is 1.68. The van der Waals surface area contributed by atoms with Gasteiger partial charge in [-0.1, -0.05) is 37.2 Å². The molecule has 0 aliphatic carbocycles. The number of benzene rings is 1. The number of thioether (sulfide) groups is 1. The number of para-hydroxylation sites is 1. The van der Waals surface area contributed by atoms with Crippen LogP contribution in [0.1, 0.15) is 26.2 Å². The Kier molecular flexibility index (Phi) is 7.02. The van der Waals surface area contributed by atoms with Crippen molar-refractivity contribution in [1.29, 1.82) is 5.26 Å². The Balaban J connectivity index is 2.25. The van der Waals surface area contributed by atoms with Gasteiger partial charge in [-0.2, -0.15) is 5.26 Å². The number of amides is 1. The molecule has 0 spiro atoms. The number of hydrogen-bond acceptors (Lipinski definition) is 5. The first kappa shape index (κ1) is 19.0. The summed E-state index contributed by atoms with van der Waals surface area (Å²) in [6.45, 7) is 3.07. The molecule has 0 unspecified atom stereocenters. The highest BCUT2D eigenvalue weighted by atomic mass is 32.2. The van der Waals surface area contributed by atoms with Gasteiger partial charge in [0, 0.05) is 20.1 Å². The average molecular weight is 358 g/mol. The lowest BCUT2D eigenvalue weighted by Crippen LogP contribution is -2.30. The van der Waals surface area contributed by atoms with Gasteiger partial charge < -0.3 is 4.90 Å². The fraction of sp³-hybridized carbons (Fsp3) is 0.444. The maximum absolute atomic E-state index is 12.8. The average Bonchev–Trinajstić information content (AvgIpc) is 2.63. The summed E-state index contributed by atoms with van der Waals surface area (Å²) in [6, 6.07) is 9.30. The van der Waals surface area contributed by atoms with Crippen molar-refractivity contribution in [2.75, 3.05) is 19.3 Å². The summed E-state index contributed by atoms with van der Waals surface area (Å²) in [5.74, 6) is 0.114. The molecule has 2 aromatic rings. The molecule has 1 aromatic heterocycles. The molecule has 1 amide bonds. The number of fused-ring (bicyclic) bond motifs is 1. The molecule has 0 radical (unpaired) electrons. The van der Waals surface area contributed by atoms with Crippen LogP contribution in [0.15, 0.2) is 34.2 Å². The summed E-state index contributed by atoms with van der Waals surface area (Å²) in [5.41, 5.74) is 0.583. The van der Waals surface area contributed by atoms with Crippen LogP contribution in [0.2, 0.25) is 0 Å². The summed E-state index contributed by atoms with van der Waals surface area (Å²) >= 11 is 1.27. The third-order valence-corrected chi connectivity index (χ3v) is 4.83. The number of nitrogens with zero attached hydrogens (tertiary/aromatic N) is 4. The van der Waals surface area contributed by atoms with E-state index in [9.17, 15) is 9.59 Å². The Bertz CT molecular complexity index is 841. The van der Waals surface area contributed by atoms with Gasteiger partial charge >= 0.3 is 0 Å². The first-order chi connectivity index (χ1) is 12.1. The van der Waals surface area contributed by atoms with E-state index in [1.165, 1.54) is 16.7 Å². The first-order valence-corrected chi connectivity index (χ1v) is 9.30. The Morgan fingerprint density at radius 2 is 2.16 bits per heavy atom. The van der Waals surface area contributed by atoms with E-state index in [2.05, 4.69) is 11.9 Å². The Morgan fingerprint density at radius 3 is 2.88 bits per heavy atom. The van der Waals surface area contributed by atoms with Crippen molar-refractivity contribution in [1.82, 2.24) is 14.5 Å². The van der Waals surface area contributed by atoms with Crippen molar-refractivity contribution >= 4 is 28.6 Å². The maximum Gasteiger partial charge on any atom is 0.262 e. The summed E-state index contributed by atoms with van der Waals surface area (Å²) in [4.78, 5) is 31.0. The Labute approximate surface area is 151 Å². The van der Waals surface area contributed by atoms with E-state index in [0.29, 0.717) is 35.6 Å². The molecule has 6 nitrogen and oxygen atoms in total. The highest BCUT2D eigenvalue weighted by Crippen LogP contribution is 2.18. The molecule has 0 aliphatic rings. The van der Waals surface area contributed by atoms with Gasteiger partial charge in [0.2, 0.25) is 5.91 Å². The second-order valence-electron chi connectivity index (χ2n) is 5.73. The van der Waals surface area contributed by atoms with Crippen LogP contribution in [-0.2, 0) is 11.3 Å². The van der Waals surface area contributed by atoms with Crippen molar-refractivity contribution in [3.05, 3.63) is 34.6 Å². The van der Waals surface area contributed by atoms with Crippen molar-refractivity contribution in [2.24, 2.45) is 0 Å². The third kappa shape index (κ3) is 4.83. The predicted molar refractivity (Wildman–Crippen MR) is 99.5 cm³/mol. The van der Waals surface area contributed by atoms with Crippen molar-refractivity contribution in [3.63, 3.8) is 0 Å².